The van der Waals surface area contributed by atoms with Crippen LogP contribution in [0.15, 0.2) is 54.6 Å². The molecule has 0 aliphatic carbocycles. The van der Waals surface area contributed by atoms with Crippen molar-refractivity contribution in [3.63, 3.8) is 0 Å². The maximum absolute atomic E-state index is 6.38. The fourth-order valence-electron chi connectivity index (χ4n) is 3.29. The molecule has 5 heteroatoms. The SMILES string of the molecule is CCOc1ccc(C(CCOc2ccc3cc(I)ccc3c2)N(C)C)cc1Cl. The third kappa shape index (κ3) is 5.31. The van der Waals surface area contributed by atoms with Crippen molar-refractivity contribution < 1.29 is 9.47 Å². The summed E-state index contributed by atoms with van der Waals surface area (Å²) >= 11 is 8.71. The number of nitrogens with zero attached hydrogens (tertiary/aromatic N) is 1. The number of ether oxygens (including phenoxy) is 2. The van der Waals surface area contributed by atoms with Crippen molar-refractivity contribution in [2.75, 3.05) is 27.3 Å². The minimum absolute atomic E-state index is 0.218. The molecule has 1 atom stereocenters. The highest BCUT2D eigenvalue weighted by molar-refractivity contribution is 14.1. The minimum atomic E-state index is 0.218. The number of hydrogen-bond donors (Lipinski definition) is 0. The maximum atomic E-state index is 6.38. The quantitative estimate of drug-likeness (QED) is 0.321. The van der Waals surface area contributed by atoms with Crippen molar-refractivity contribution in [1.29, 1.82) is 0 Å². The van der Waals surface area contributed by atoms with Gasteiger partial charge >= 0.3 is 0 Å². The molecule has 148 valence electrons. The van der Waals surface area contributed by atoms with E-state index >= 15 is 0 Å². The van der Waals surface area contributed by atoms with Gasteiger partial charge in [0.15, 0.2) is 0 Å². The van der Waals surface area contributed by atoms with E-state index in [1.54, 1.807) is 0 Å². The van der Waals surface area contributed by atoms with Crippen LogP contribution in [0.25, 0.3) is 10.8 Å². The zero-order valence-corrected chi connectivity index (χ0v) is 19.3. The molecule has 0 amide bonds. The van der Waals surface area contributed by atoms with E-state index in [1.165, 1.54) is 14.3 Å². The van der Waals surface area contributed by atoms with Crippen LogP contribution in [-0.4, -0.2) is 32.2 Å². The third-order valence-corrected chi connectivity index (χ3v) is 5.66. The molecule has 0 fully saturated rings. The molecule has 3 aromatic rings. The highest BCUT2D eigenvalue weighted by Gasteiger charge is 2.16. The van der Waals surface area contributed by atoms with Gasteiger partial charge in [-0.1, -0.05) is 29.8 Å². The summed E-state index contributed by atoms with van der Waals surface area (Å²) in [7, 11) is 4.15. The Labute approximate surface area is 185 Å². The summed E-state index contributed by atoms with van der Waals surface area (Å²) in [4.78, 5) is 2.19. The van der Waals surface area contributed by atoms with Crippen molar-refractivity contribution in [3.05, 3.63) is 68.8 Å². The van der Waals surface area contributed by atoms with Gasteiger partial charge in [0, 0.05) is 16.0 Å². The van der Waals surface area contributed by atoms with E-state index in [0.29, 0.717) is 18.2 Å². The zero-order chi connectivity index (χ0) is 20.1. The smallest absolute Gasteiger partial charge is 0.137 e. The van der Waals surface area contributed by atoms with E-state index < -0.39 is 0 Å². The summed E-state index contributed by atoms with van der Waals surface area (Å²) in [6.07, 6.45) is 0.863. The first-order chi connectivity index (χ1) is 13.5. The molecule has 0 aliphatic rings. The predicted molar refractivity (Wildman–Crippen MR) is 126 cm³/mol. The lowest BCUT2D eigenvalue weighted by Gasteiger charge is -2.25. The van der Waals surface area contributed by atoms with Gasteiger partial charge in [0.05, 0.1) is 18.2 Å². The summed E-state index contributed by atoms with van der Waals surface area (Å²) < 4.78 is 12.8. The number of rotatable bonds is 8. The lowest BCUT2D eigenvalue weighted by atomic mass is 10.0. The Morgan fingerprint density at radius 1 is 0.964 bits per heavy atom. The molecule has 0 spiro atoms. The Hall–Kier alpha value is -1.50. The first-order valence-electron chi connectivity index (χ1n) is 9.38. The summed E-state index contributed by atoms with van der Waals surface area (Å²) in [5, 5.41) is 3.08. The molecule has 0 saturated carbocycles. The third-order valence-electron chi connectivity index (χ3n) is 4.70. The molecular formula is C23H25ClINO2. The Balaban J connectivity index is 1.67. The first kappa shape index (κ1) is 21.2. The minimum Gasteiger partial charge on any atom is -0.494 e. The summed E-state index contributed by atoms with van der Waals surface area (Å²) in [5.41, 5.74) is 1.16. The highest BCUT2D eigenvalue weighted by atomic mass is 127. The summed E-state index contributed by atoms with van der Waals surface area (Å²) in [6.45, 7) is 3.19. The molecule has 1 unspecified atom stereocenters. The predicted octanol–water partition coefficient (Wildman–Crippen LogP) is 6.57. The van der Waals surface area contributed by atoms with Crippen LogP contribution in [0, 0.1) is 3.57 Å². The molecule has 3 rings (SSSR count). The standard InChI is InChI=1S/C23H25ClINO2/c1-4-27-23-10-7-18(15-21(23)24)22(26(2)3)11-12-28-20-9-6-16-13-19(25)8-5-17(16)14-20/h5-10,13-15,22H,4,11-12H2,1-3H3. The van der Waals surface area contributed by atoms with E-state index in [1.807, 2.05) is 25.1 Å². The second-order valence-electron chi connectivity index (χ2n) is 6.89. The largest absolute Gasteiger partial charge is 0.494 e. The zero-order valence-electron chi connectivity index (χ0n) is 16.4. The maximum Gasteiger partial charge on any atom is 0.137 e. The van der Waals surface area contributed by atoms with Crippen LogP contribution in [0.4, 0.5) is 0 Å². The molecule has 0 aliphatic heterocycles. The topological polar surface area (TPSA) is 21.7 Å². The molecule has 0 aromatic heterocycles. The van der Waals surface area contributed by atoms with Gasteiger partial charge in [-0.05, 0) is 96.3 Å². The van der Waals surface area contributed by atoms with Gasteiger partial charge in [-0.15, -0.1) is 0 Å². The second-order valence-corrected chi connectivity index (χ2v) is 8.55. The average molecular weight is 510 g/mol. The Kier molecular flexibility index (Phi) is 7.43. The number of hydrogen-bond acceptors (Lipinski definition) is 3. The monoisotopic (exact) mass is 509 g/mol. The van der Waals surface area contributed by atoms with Crippen molar-refractivity contribution in [2.45, 2.75) is 19.4 Å². The van der Waals surface area contributed by atoms with Crippen molar-refractivity contribution in [3.8, 4) is 11.5 Å². The molecule has 0 radical (unpaired) electrons. The van der Waals surface area contributed by atoms with Crippen molar-refractivity contribution >= 4 is 45.0 Å². The lowest BCUT2D eigenvalue weighted by molar-refractivity contribution is 0.223. The van der Waals surface area contributed by atoms with E-state index in [4.69, 9.17) is 21.1 Å². The van der Waals surface area contributed by atoms with Crippen LogP contribution < -0.4 is 9.47 Å². The van der Waals surface area contributed by atoms with E-state index in [-0.39, 0.29) is 6.04 Å². The molecule has 0 saturated heterocycles. The Morgan fingerprint density at radius 2 is 1.71 bits per heavy atom. The first-order valence-corrected chi connectivity index (χ1v) is 10.8. The number of halogens is 2. The van der Waals surface area contributed by atoms with Crippen molar-refractivity contribution in [1.82, 2.24) is 4.90 Å². The Bertz CT molecular complexity index is 945. The number of fused-ring (bicyclic) bond motifs is 1. The van der Waals surface area contributed by atoms with Crippen LogP contribution >= 0.6 is 34.2 Å². The summed E-state index contributed by atoms with van der Waals surface area (Å²) in [5.74, 6) is 1.63. The molecular weight excluding hydrogens is 485 g/mol. The normalized spacial score (nSPS) is 12.4. The van der Waals surface area contributed by atoms with Crippen molar-refractivity contribution in [2.24, 2.45) is 0 Å². The lowest BCUT2D eigenvalue weighted by Crippen LogP contribution is -2.22. The Morgan fingerprint density at radius 3 is 2.43 bits per heavy atom. The van der Waals surface area contributed by atoms with Gasteiger partial charge < -0.3 is 14.4 Å². The van der Waals surface area contributed by atoms with E-state index in [0.717, 1.165) is 23.5 Å². The van der Waals surface area contributed by atoms with Gasteiger partial charge in [-0.2, -0.15) is 0 Å². The van der Waals surface area contributed by atoms with Crippen LogP contribution in [0.5, 0.6) is 11.5 Å². The number of benzene rings is 3. The van der Waals surface area contributed by atoms with E-state index in [2.05, 4.69) is 78.0 Å². The summed E-state index contributed by atoms with van der Waals surface area (Å²) in [6, 6.07) is 18.9. The fourth-order valence-corrected chi connectivity index (χ4v) is 4.05. The van der Waals surface area contributed by atoms with Gasteiger partial charge in [-0.3, -0.25) is 0 Å². The van der Waals surface area contributed by atoms with Crippen LogP contribution in [0.3, 0.4) is 0 Å². The molecule has 0 heterocycles. The molecule has 28 heavy (non-hydrogen) atoms. The van der Waals surface area contributed by atoms with Gasteiger partial charge in [0.2, 0.25) is 0 Å². The fraction of sp³-hybridized carbons (Fsp3) is 0.304. The van der Waals surface area contributed by atoms with Gasteiger partial charge in [-0.25, -0.2) is 0 Å². The van der Waals surface area contributed by atoms with Crippen LogP contribution in [0.1, 0.15) is 24.9 Å². The second kappa shape index (κ2) is 9.81. The highest BCUT2D eigenvalue weighted by Crippen LogP contribution is 2.31. The van der Waals surface area contributed by atoms with E-state index in [9.17, 15) is 0 Å². The van der Waals surface area contributed by atoms with Crippen LogP contribution in [-0.2, 0) is 0 Å². The average Bonchev–Trinajstić information content (AvgIpc) is 2.67. The van der Waals surface area contributed by atoms with Crippen LogP contribution in [0.2, 0.25) is 5.02 Å². The molecule has 3 aromatic carbocycles. The molecule has 3 nitrogen and oxygen atoms in total. The van der Waals surface area contributed by atoms with Gasteiger partial charge in [0.25, 0.3) is 0 Å². The molecule has 0 bridgehead atoms. The van der Waals surface area contributed by atoms with Gasteiger partial charge in [0.1, 0.15) is 11.5 Å². The molecule has 0 N–H and O–H groups in total.